The summed E-state index contributed by atoms with van der Waals surface area (Å²) in [6.45, 7) is 7.52. The zero-order valence-corrected chi connectivity index (χ0v) is 12.3. The maximum atomic E-state index is 10.1. The van der Waals surface area contributed by atoms with Gasteiger partial charge in [0.2, 0.25) is 0 Å². The second-order valence-corrected chi connectivity index (χ2v) is 5.22. The van der Waals surface area contributed by atoms with E-state index >= 15 is 0 Å². The van der Waals surface area contributed by atoms with Crippen molar-refractivity contribution in [1.82, 2.24) is 0 Å². The summed E-state index contributed by atoms with van der Waals surface area (Å²) in [7, 11) is 0. The Morgan fingerprint density at radius 1 is 1.26 bits per heavy atom. The van der Waals surface area contributed by atoms with E-state index in [4.69, 9.17) is 10.5 Å². The van der Waals surface area contributed by atoms with Gasteiger partial charge in [-0.3, -0.25) is 0 Å². The molecule has 3 heteroatoms. The molecule has 3 N–H and O–H groups in total. The average molecular weight is 265 g/mol. The third-order valence-electron chi connectivity index (χ3n) is 3.75. The van der Waals surface area contributed by atoms with Crippen molar-refractivity contribution in [3.63, 3.8) is 0 Å². The van der Waals surface area contributed by atoms with Crippen LogP contribution in [0.15, 0.2) is 24.3 Å². The number of aliphatic hydroxyl groups excluding tert-OH is 1. The van der Waals surface area contributed by atoms with Crippen LogP contribution in [0.3, 0.4) is 0 Å². The van der Waals surface area contributed by atoms with Crippen LogP contribution in [0.5, 0.6) is 5.75 Å². The van der Waals surface area contributed by atoms with Gasteiger partial charge >= 0.3 is 0 Å². The van der Waals surface area contributed by atoms with Crippen molar-refractivity contribution in [3.05, 3.63) is 29.8 Å². The van der Waals surface area contributed by atoms with Crippen molar-refractivity contribution in [1.29, 1.82) is 0 Å². The molecule has 0 fully saturated rings. The molecule has 0 saturated heterocycles. The fourth-order valence-electron chi connectivity index (χ4n) is 1.98. The topological polar surface area (TPSA) is 55.5 Å². The number of rotatable bonds is 8. The molecular formula is C16H27NO2. The second kappa shape index (κ2) is 8.18. The molecular weight excluding hydrogens is 238 g/mol. The minimum atomic E-state index is -0.526. The Hall–Kier alpha value is -1.06. The lowest BCUT2D eigenvalue weighted by atomic mass is 9.97. The standard InChI is InChI=1S/C16H27NO2/c1-4-13(5-2)11-19-15-8-6-7-14(9-15)16(18)12(3)10-17/h6-9,12-13,16,18H,4-5,10-11,17H2,1-3H3/t12-,16?/m1/s1. The lowest BCUT2D eigenvalue weighted by Crippen LogP contribution is -2.19. The van der Waals surface area contributed by atoms with Gasteiger partial charge in [-0.2, -0.15) is 0 Å². The van der Waals surface area contributed by atoms with E-state index in [1.165, 1.54) is 0 Å². The fourth-order valence-corrected chi connectivity index (χ4v) is 1.98. The molecule has 1 rings (SSSR count). The molecule has 1 aromatic carbocycles. The van der Waals surface area contributed by atoms with Crippen molar-refractivity contribution in [2.45, 2.75) is 39.7 Å². The Kier molecular flexibility index (Phi) is 6.89. The number of hydrogen-bond acceptors (Lipinski definition) is 3. The summed E-state index contributed by atoms with van der Waals surface area (Å²) in [5, 5.41) is 10.1. The smallest absolute Gasteiger partial charge is 0.119 e. The van der Waals surface area contributed by atoms with E-state index in [1.54, 1.807) is 0 Å². The summed E-state index contributed by atoms with van der Waals surface area (Å²) in [5.74, 6) is 1.47. The molecule has 2 atom stereocenters. The zero-order valence-electron chi connectivity index (χ0n) is 12.3. The van der Waals surface area contributed by atoms with Gasteiger partial charge in [0, 0.05) is 0 Å². The van der Waals surface area contributed by atoms with Crippen LogP contribution in [0.4, 0.5) is 0 Å². The lowest BCUT2D eigenvalue weighted by molar-refractivity contribution is 0.121. The summed E-state index contributed by atoms with van der Waals surface area (Å²) in [6.07, 6.45) is 1.73. The number of ether oxygens (including phenoxy) is 1. The van der Waals surface area contributed by atoms with Crippen LogP contribution in [0, 0.1) is 11.8 Å². The van der Waals surface area contributed by atoms with Gasteiger partial charge in [-0.15, -0.1) is 0 Å². The molecule has 0 radical (unpaired) electrons. The van der Waals surface area contributed by atoms with Gasteiger partial charge in [0.1, 0.15) is 5.75 Å². The van der Waals surface area contributed by atoms with E-state index in [-0.39, 0.29) is 5.92 Å². The highest BCUT2D eigenvalue weighted by Crippen LogP contribution is 2.25. The lowest BCUT2D eigenvalue weighted by Gasteiger charge is -2.19. The second-order valence-electron chi connectivity index (χ2n) is 5.22. The van der Waals surface area contributed by atoms with Crippen molar-refractivity contribution in [3.8, 4) is 5.75 Å². The van der Waals surface area contributed by atoms with E-state index in [0.717, 1.165) is 30.8 Å². The summed E-state index contributed by atoms with van der Waals surface area (Å²) < 4.78 is 5.81. The third-order valence-corrected chi connectivity index (χ3v) is 3.75. The molecule has 0 aliphatic rings. The summed E-state index contributed by atoms with van der Waals surface area (Å²) in [4.78, 5) is 0. The predicted molar refractivity (Wildman–Crippen MR) is 79.2 cm³/mol. The van der Waals surface area contributed by atoms with Crippen LogP contribution in [0.1, 0.15) is 45.3 Å². The molecule has 0 aliphatic heterocycles. The summed E-state index contributed by atoms with van der Waals surface area (Å²) >= 11 is 0. The molecule has 0 saturated carbocycles. The summed E-state index contributed by atoms with van der Waals surface area (Å²) in [5.41, 5.74) is 6.47. The van der Waals surface area contributed by atoms with Crippen molar-refractivity contribution < 1.29 is 9.84 Å². The van der Waals surface area contributed by atoms with E-state index in [2.05, 4.69) is 13.8 Å². The average Bonchev–Trinajstić information content (AvgIpc) is 2.47. The first-order valence-corrected chi connectivity index (χ1v) is 7.23. The van der Waals surface area contributed by atoms with E-state index in [1.807, 2.05) is 31.2 Å². The molecule has 1 aromatic rings. The van der Waals surface area contributed by atoms with Crippen LogP contribution in [0.2, 0.25) is 0 Å². The molecule has 0 heterocycles. The normalized spacial score (nSPS) is 14.4. The highest BCUT2D eigenvalue weighted by molar-refractivity contribution is 5.30. The number of nitrogens with two attached hydrogens (primary N) is 1. The van der Waals surface area contributed by atoms with Gasteiger partial charge in [0.15, 0.2) is 0 Å². The van der Waals surface area contributed by atoms with Crippen LogP contribution in [0.25, 0.3) is 0 Å². The molecule has 108 valence electrons. The van der Waals surface area contributed by atoms with Gasteiger partial charge < -0.3 is 15.6 Å². The van der Waals surface area contributed by atoms with E-state index in [0.29, 0.717) is 12.5 Å². The molecule has 0 bridgehead atoms. The van der Waals surface area contributed by atoms with Crippen LogP contribution in [-0.4, -0.2) is 18.3 Å². The Morgan fingerprint density at radius 2 is 1.95 bits per heavy atom. The molecule has 0 amide bonds. The van der Waals surface area contributed by atoms with Gasteiger partial charge in [-0.05, 0) is 36.1 Å². The highest BCUT2D eigenvalue weighted by Gasteiger charge is 2.15. The number of aliphatic hydroxyl groups is 1. The minimum absolute atomic E-state index is 0.0503. The SMILES string of the molecule is CCC(CC)COc1cccc(C(O)[C@H](C)CN)c1. The highest BCUT2D eigenvalue weighted by atomic mass is 16.5. The Morgan fingerprint density at radius 3 is 2.53 bits per heavy atom. The van der Waals surface area contributed by atoms with Gasteiger partial charge in [0.05, 0.1) is 12.7 Å². The van der Waals surface area contributed by atoms with Crippen molar-refractivity contribution in [2.24, 2.45) is 17.6 Å². The quantitative estimate of drug-likeness (QED) is 0.759. The fraction of sp³-hybridized carbons (Fsp3) is 0.625. The Balaban J connectivity index is 2.66. The Bertz CT molecular complexity index is 364. The molecule has 0 spiro atoms. The molecule has 0 aliphatic carbocycles. The van der Waals surface area contributed by atoms with Gasteiger partial charge in [0.25, 0.3) is 0 Å². The maximum Gasteiger partial charge on any atom is 0.119 e. The number of benzene rings is 1. The van der Waals surface area contributed by atoms with E-state index in [9.17, 15) is 5.11 Å². The third kappa shape index (κ3) is 4.84. The van der Waals surface area contributed by atoms with Crippen LogP contribution >= 0.6 is 0 Å². The van der Waals surface area contributed by atoms with E-state index < -0.39 is 6.10 Å². The number of hydrogen-bond donors (Lipinski definition) is 2. The first-order chi connectivity index (χ1) is 9.12. The van der Waals surface area contributed by atoms with Crippen molar-refractivity contribution >= 4 is 0 Å². The predicted octanol–water partition coefficient (Wildman–Crippen LogP) is 3.13. The van der Waals surface area contributed by atoms with Gasteiger partial charge in [-0.25, -0.2) is 0 Å². The first kappa shape index (κ1) is 16.0. The van der Waals surface area contributed by atoms with Crippen LogP contribution in [-0.2, 0) is 0 Å². The molecule has 0 aromatic heterocycles. The zero-order chi connectivity index (χ0) is 14.3. The molecule has 3 nitrogen and oxygen atoms in total. The molecule has 19 heavy (non-hydrogen) atoms. The molecule has 1 unspecified atom stereocenters. The van der Waals surface area contributed by atoms with Gasteiger partial charge in [-0.1, -0.05) is 45.7 Å². The maximum absolute atomic E-state index is 10.1. The minimum Gasteiger partial charge on any atom is -0.493 e. The Labute approximate surface area is 116 Å². The first-order valence-electron chi connectivity index (χ1n) is 7.23. The van der Waals surface area contributed by atoms with Crippen molar-refractivity contribution in [2.75, 3.05) is 13.2 Å². The monoisotopic (exact) mass is 265 g/mol. The van der Waals surface area contributed by atoms with Crippen LogP contribution < -0.4 is 10.5 Å². The summed E-state index contributed by atoms with van der Waals surface area (Å²) in [6, 6.07) is 7.69. The largest absolute Gasteiger partial charge is 0.493 e.